The molecule has 0 aliphatic carbocycles. The van der Waals surface area contributed by atoms with Crippen molar-refractivity contribution in [2.75, 3.05) is 0 Å². The van der Waals surface area contributed by atoms with Crippen LogP contribution in [0.15, 0.2) is 41.4 Å². The summed E-state index contributed by atoms with van der Waals surface area (Å²) in [7, 11) is 0. The molecule has 2 unspecified atom stereocenters. The lowest BCUT2D eigenvalue weighted by molar-refractivity contribution is 0.0975. The zero-order valence-electron chi connectivity index (χ0n) is 17.6. The molecule has 0 saturated carbocycles. The number of nitrogens with two attached hydrogens (primary N) is 1. The smallest absolute Gasteiger partial charge is 0.258 e. The molecule has 168 valence electrons. The Morgan fingerprint density at radius 3 is 2.35 bits per heavy atom. The van der Waals surface area contributed by atoms with Gasteiger partial charge in [0.25, 0.3) is 5.91 Å². The van der Waals surface area contributed by atoms with Crippen LogP contribution in [0.4, 0.5) is 13.2 Å². The number of nitrogens with one attached hydrogen (secondary N) is 2. The molecule has 5 nitrogen and oxygen atoms in total. The molecule has 0 radical (unpaired) electrons. The number of aliphatic imine (C=N–C) groups is 1. The van der Waals surface area contributed by atoms with Crippen molar-refractivity contribution in [2.24, 2.45) is 10.7 Å². The molecule has 0 aromatic heterocycles. The van der Waals surface area contributed by atoms with Crippen molar-refractivity contribution in [1.82, 2.24) is 10.6 Å². The highest BCUT2D eigenvalue weighted by atomic mass is 35.5. The van der Waals surface area contributed by atoms with Crippen molar-refractivity contribution in [3.63, 3.8) is 0 Å². The van der Waals surface area contributed by atoms with Gasteiger partial charge in [0.05, 0.1) is 5.02 Å². The van der Waals surface area contributed by atoms with Gasteiger partial charge in [-0.3, -0.25) is 10.1 Å². The maximum atomic E-state index is 13.7. The van der Waals surface area contributed by atoms with Gasteiger partial charge in [-0.25, -0.2) is 18.2 Å². The largest absolute Gasteiger partial charge is 0.354 e. The Morgan fingerprint density at radius 2 is 1.77 bits per heavy atom. The molecule has 3 atom stereocenters. The van der Waals surface area contributed by atoms with Gasteiger partial charge >= 0.3 is 0 Å². The number of amides is 1. The van der Waals surface area contributed by atoms with Crippen LogP contribution in [0.3, 0.4) is 0 Å². The molecule has 31 heavy (non-hydrogen) atoms. The number of rotatable bonds is 7. The van der Waals surface area contributed by atoms with Gasteiger partial charge in [0.1, 0.15) is 23.6 Å². The molecule has 2 aromatic rings. The van der Waals surface area contributed by atoms with Crippen molar-refractivity contribution in [2.45, 2.75) is 51.7 Å². The third kappa shape index (κ3) is 7.56. The zero-order valence-corrected chi connectivity index (χ0v) is 18.3. The predicted octanol–water partition coefficient (Wildman–Crippen LogP) is 4.71. The Hall–Kier alpha value is -2.58. The van der Waals surface area contributed by atoms with E-state index in [1.165, 1.54) is 24.3 Å². The van der Waals surface area contributed by atoms with Crippen LogP contribution in [-0.2, 0) is 0 Å². The molecular weight excluding hydrogens is 429 g/mol. The van der Waals surface area contributed by atoms with E-state index in [1.807, 2.05) is 13.8 Å². The molecule has 0 spiro atoms. The molecule has 0 aliphatic rings. The molecule has 1 amide bonds. The first-order valence-corrected chi connectivity index (χ1v) is 10.3. The number of guanidine groups is 1. The summed E-state index contributed by atoms with van der Waals surface area (Å²) in [5.41, 5.74) is 6.65. The average Bonchev–Trinajstić information content (AvgIpc) is 2.68. The highest BCUT2D eigenvalue weighted by Crippen LogP contribution is 2.22. The second-order valence-electron chi connectivity index (χ2n) is 7.42. The first-order valence-electron chi connectivity index (χ1n) is 9.91. The molecule has 0 saturated heterocycles. The van der Waals surface area contributed by atoms with Crippen molar-refractivity contribution in [1.29, 1.82) is 0 Å². The van der Waals surface area contributed by atoms with Gasteiger partial charge in [-0.1, -0.05) is 25.4 Å². The normalized spacial score (nSPS) is 14.6. The van der Waals surface area contributed by atoms with Gasteiger partial charge in [-0.05, 0) is 61.6 Å². The van der Waals surface area contributed by atoms with Gasteiger partial charge in [0.15, 0.2) is 5.96 Å². The highest BCUT2D eigenvalue weighted by Gasteiger charge is 2.16. The summed E-state index contributed by atoms with van der Waals surface area (Å²) in [6.07, 6.45) is 0.258. The minimum Gasteiger partial charge on any atom is -0.354 e. The maximum Gasteiger partial charge on any atom is 0.258 e. The van der Waals surface area contributed by atoms with Crippen molar-refractivity contribution in [3.05, 3.63) is 70.0 Å². The Kier molecular flexibility index (Phi) is 8.88. The van der Waals surface area contributed by atoms with Crippen LogP contribution in [0.2, 0.25) is 5.02 Å². The van der Waals surface area contributed by atoms with E-state index in [0.29, 0.717) is 5.56 Å². The second-order valence-corrected chi connectivity index (χ2v) is 7.83. The van der Waals surface area contributed by atoms with E-state index >= 15 is 0 Å². The van der Waals surface area contributed by atoms with Gasteiger partial charge in [-0.15, -0.1) is 0 Å². The van der Waals surface area contributed by atoms with Gasteiger partial charge in [0, 0.05) is 17.7 Å². The molecular formula is C22H26ClF3N4O. The van der Waals surface area contributed by atoms with Crippen LogP contribution in [0.5, 0.6) is 0 Å². The molecule has 0 bridgehead atoms. The summed E-state index contributed by atoms with van der Waals surface area (Å²) >= 11 is 5.66. The highest BCUT2D eigenvalue weighted by molar-refractivity contribution is 6.30. The van der Waals surface area contributed by atoms with Crippen molar-refractivity contribution in [3.8, 4) is 0 Å². The van der Waals surface area contributed by atoms with Crippen LogP contribution >= 0.6 is 11.6 Å². The first kappa shape index (κ1) is 24.7. The number of hydrogen-bond acceptors (Lipinski definition) is 3. The lowest BCUT2D eigenvalue weighted by Gasteiger charge is -2.20. The quantitative estimate of drug-likeness (QED) is 0.418. The molecule has 4 N–H and O–H groups in total. The van der Waals surface area contributed by atoms with Crippen LogP contribution < -0.4 is 16.4 Å². The van der Waals surface area contributed by atoms with Gasteiger partial charge in [0.2, 0.25) is 0 Å². The molecule has 2 aromatic carbocycles. The maximum absolute atomic E-state index is 13.7. The standard InChI is InChI=1S/C22H26ClF3N4O/c1-4-13(3)28-22(30-21(31)14-5-6-18(23)19(26)10-14)29-20(27)7-12(2)15-8-16(24)11-17(25)9-15/h5-6,8-13,20H,4,7,27H2,1-3H3,(H2,28,29,30,31)/t12?,13-,20?/m1/s1. The van der Waals surface area contributed by atoms with Gasteiger partial charge < -0.3 is 11.1 Å². The molecule has 0 heterocycles. The molecule has 0 fully saturated rings. The minimum absolute atomic E-state index is 0.0251. The lowest BCUT2D eigenvalue weighted by Crippen LogP contribution is -2.46. The zero-order chi connectivity index (χ0) is 23.1. The van der Waals surface area contributed by atoms with Crippen LogP contribution in [0.25, 0.3) is 0 Å². The van der Waals surface area contributed by atoms with Gasteiger partial charge in [-0.2, -0.15) is 0 Å². The number of carbonyl (C=O) groups excluding carboxylic acids is 1. The van der Waals surface area contributed by atoms with Crippen LogP contribution in [0.1, 0.15) is 55.5 Å². The predicted molar refractivity (Wildman–Crippen MR) is 117 cm³/mol. The number of carbonyl (C=O) groups is 1. The van der Waals surface area contributed by atoms with Crippen LogP contribution in [-0.4, -0.2) is 24.1 Å². The van der Waals surface area contributed by atoms with E-state index < -0.39 is 29.5 Å². The molecule has 9 heteroatoms. The van der Waals surface area contributed by atoms with Crippen LogP contribution in [0, 0.1) is 17.5 Å². The third-order valence-electron chi connectivity index (χ3n) is 4.75. The van der Waals surface area contributed by atoms with E-state index in [9.17, 15) is 18.0 Å². The number of hydrogen-bond donors (Lipinski definition) is 3. The Balaban J connectivity index is 2.16. The summed E-state index contributed by atoms with van der Waals surface area (Å²) in [6, 6.07) is 6.98. The number of nitrogens with zero attached hydrogens (tertiary/aromatic N) is 1. The topological polar surface area (TPSA) is 79.5 Å². The molecule has 2 rings (SSSR count). The number of halogens is 4. The molecule has 0 aliphatic heterocycles. The van der Waals surface area contributed by atoms with Crippen molar-refractivity contribution < 1.29 is 18.0 Å². The monoisotopic (exact) mass is 454 g/mol. The SMILES string of the molecule is CC[C@@H](C)NC(=NC(N)CC(C)c1cc(F)cc(F)c1)NC(=O)c1ccc(Cl)c(F)c1. The fourth-order valence-electron chi connectivity index (χ4n) is 2.83. The summed E-state index contributed by atoms with van der Waals surface area (Å²) in [5.74, 6) is -2.79. The Bertz CT molecular complexity index is 934. The van der Waals surface area contributed by atoms with E-state index in [1.54, 1.807) is 6.92 Å². The summed E-state index contributed by atoms with van der Waals surface area (Å²) in [6.45, 7) is 5.62. The fraction of sp³-hybridized carbons (Fsp3) is 0.364. The van der Waals surface area contributed by atoms with Crippen molar-refractivity contribution >= 4 is 23.5 Å². The summed E-state index contributed by atoms with van der Waals surface area (Å²) in [5, 5.41) is 5.56. The second kappa shape index (κ2) is 11.2. The summed E-state index contributed by atoms with van der Waals surface area (Å²) in [4.78, 5) is 16.8. The number of benzene rings is 2. The van der Waals surface area contributed by atoms with E-state index in [0.717, 1.165) is 18.6 Å². The first-order chi connectivity index (χ1) is 14.6. The fourth-order valence-corrected chi connectivity index (χ4v) is 2.95. The average molecular weight is 455 g/mol. The minimum atomic E-state index is -0.768. The lowest BCUT2D eigenvalue weighted by atomic mass is 9.96. The Morgan fingerprint density at radius 1 is 1.13 bits per heavy atom. The van der Waals surface area contributed by atoms with E-state index in [4.69, 9.17) is 17.3 Å². The van der Waals surface area contributed by atoms with E-state index in [-0.39, 0.29) is 34.9 Å². The third-order valence-corrected chi connectivity index (χ3v) is 5.06. The Labute approximate surface area is 184 Å². The van der Waals surface area contributed by atoms with E-state index in [2.05, 4.69) is 15.6 Å². The summed E-state index contributed by atoms with van der Waals surface area (Å²) < 4.78 is 40.7.